The number of rotatable bonds is 3. The molecule has 6 heteroatoms. The number of aliphatic carboxylic acids is 1. The van der Waals surface area contributed by atoms with Gasteiger partial charge in [0.2, 0.25) is 0 Å². The van der Waals surface area contributed by atoms with Crippen molar-refractivity contribution < 1.29 is 22.9 Å². The van der Waals surface area contributed by atoms with E-state index >= 15 is 0 Å². The second-order valence-corrected chi connectivity index (χ2v) is 3.01. The molecule has 1 N–H and O–H groups in total. The van der Waals surface area contributed by atoms with Gasteiger partial charge in [-0.25, -0.2) is 13.2 Å². The molecule has 0 heterocycles. The number of hydrogen-bond donors (Lipinski definition) is 1. The first-order valence-corrected chi connectivity index (χ1v) is 3.75. The van der Waals surface area contributed by atoms with Crippen LogP contribution in [0.1, 0.15) is 0 Å². The van der Waals surface area contributed by atoms with Crippen LogP contribution in [0.15, 0.2) is 12.2 Å². The van der Waals surface area contributed by atoms with Crippen LogP contribution in [0.3, 0.4) is 0 Å². The second-order valence-electron chi connectivity index (χ2n) is 1.61. The van der Waals surface area contributed by atoms with Gasteiger partial charge in [-0.1, -0.05) is 6.58 Å². The SMILES string of the molecule is C=C(CS(=O)(=O)[O-])C(=O)O. The molecular formula is C4H5O5S-. The smallest absolute Gasteiger partial charge is 0.331 e. The van der Waals surface area contributed by atoms with E-state index in [2.05, 4.69) is 6.58 Å². The van der Waals surface area contributed by atoms with Crippen LogP contribution in [0.5, 0.6) is 0 Å². The highest BCUT2D eigenvalue weighted by atomic mass is 32.2. The predicted molar refractivity (Wildman–Crippen MR) is 31.3 cm³/mol. The molecule has 0 rings (SSSR count). The fourth-order valence-corrected chi connectivity index (χ4v) is 0.825. The summed E-state index contributed by atoms with van der Waals surface area (Å²) in [6.45, 7) is 2.86. The molecule has 0 bridgehead atoms. The molecule has 0 saturated carbocycles. The van der Waals surface area contributed by atoms with Gasteiger partial charge in [0.1, 0.15) is 0 Å². The van der Waals surface area contributed by atoms with Crippen molar-refractivity contribution >= 4 is 16.1 Å². The quantitative estimate of drug-likeness (QED) is 0.435. The van der Waals surface area contributed by atoms with Crippen molar-refractivity contribution in [3.05, 3.63) is 12.2 Å². The maximum Gasteiger partial charge on any atom is 0.331 e. The normalized spacial score (nSPS) is 10.9. The largest absolute Gasteiger partial charge is 0.748 e. The summed E-state index contributed by atoms with van der Waals surface area (Å²) in [6, 6.07) is 0. The van der Waals surface area contributed by atoms with Crippen LogP contribution in [0, 0.1) is 0 Å². The molecule has 0 aliphatic carbocycles. The fraction of sp³-hybridized carbons (Fsp3) is 0.250. The third-order valence-corrected chi connectivity index (χ3v) is 1.36. The van der Waals surface area contributed by atoms with E-state index in [0.29, 0.717) is 0 Å². The van der Waals surface area contributed by atoms with E-state index in [-0.39, 0.29) is 0 Å². The Hall–Kier alpha value is -0.880. The Morgan fingerprint density at radius 3 is 2.10 bits per heavy atom. The Balaban J connectivity index is 4.21. The van der Waals surface area contributed by atoms with Gasteiger partial charge in [0.15, 0.2) is 0 Å². The zero-order valence-electron chi connectivity index (χ0n) is 4.90. The molecule has 0 aromatic heterocycles. The lowest BCUT2D eigenvalue weighted by Gasteiger charge is -2.04. The van der Waals surface area contributed by atoms with Crippen LogP contribution in [0.25, 0.3) is 0 Å². The summed E-state index contributed by atoms with van der Waals surface area (Å²) < 4.78 is 29.6. The van der Waals surface area contributed by atoms with Gasteiger partial charge in [-0.2, -0.15) is 0 Å². The van der Waals surface area contributed by atoms with Gasteiger partial charge in [0, 0.05) is 5.57 Å². The van der Waals surface area contributed by atoms with Crippen LogP contribution >= 0.6 is 0 Å². The Morgan fingerprint density at radius 2 is 2.00 bits per heavy atom. The van der Waals surface area contributed by atoms with E-state index in [1.165, 1.54) is 0 Å². The first-order chi connectivity index (χ1) is 4.33. The summed E-state index contributed by atoms with van der Waals surface area (Å²) >= 11 is 0. The molecule has 5 nitrogen and oxygen atoms in total. The summed E-state index contributed by atoms with van der Waals surface area (Å²) in [6.07, 6.45) is 0. The summed E-state index contributed by atoms with van der Waals surface area (Å²) in [5.74, 6) is -2.51. The summed E-state index contributed by atoms with van der Waals surface area (Å²) in [7, 11) is -4.50. The van der Waals surface area contributed by atoms with Gasteiger partial charge < -0.3 is 9.66 Å². The summed E-state index contributed by atoms with van der Waals surface area (Å²) in [5.41, 5.74) is -0.616. The fourth-order valence-electron chi connectivity index (χ4n) is 0.275. The molecule has 0 atom stereocenters. The zero-order chi connectivity index (χ0) is 8.36. The minimum atomic E-state index is -4.50. The van der Waals surface area contributed by atoms with Gasteiger partial charge >= 0.3 is 5.97 Å². The lowest BCUT2D eigenvalue weighted by molar-refractivity contribution is -0.132. The topological polar surface area (TPSA) is 94.5 Å². The van der Waals surface area contributed by atoms with Crippen molar-refractivity contribution in [1.82, 2.24) is 0 Å². The highest BCUT2D eigenvalue weighted by Crippen LogP contribution is 1.94. The molecule has 0 aliphatic rings. The van der Waals surface area contributed by atoms with E-state index in [1.54, 1.807) is 0 Å². The molecule has 0 fully saturated rings. The molecule has 0 radical (unpaired) electrons. The third kappa shape index (κ3) is 4.04. The Labute approximate surface area is 57.7 Å². The van der Waals surface area contributed by atoms with Gasteiger partial charge in [-0.3, -0.25) is 0 Å². The van der Waals surface area contributed by atoms with E-state index in [4.69, 9.17) is 5.11 Å². The minimum absolute atomic E-state index is 0.616. The van der Waals surface area contributed by atoms with Crippen LogP contribution < -0.4 is 0 Å². The molecule has 10 heavy (non-hydrogen) atoms. The standard InChI is InChI=1S/C4H6O5S/c1-3(4(5)6)2-10(7,8)9/h1-2H2,(H,5,6)(H,7,8,9)/p-1. The van der Waals surface area contributed by atoms with Gasteiger partial charge in [-0.15, -0.1) is 0 Å². The molecule has 0 amide bonds. The van der Waals surface area contributed by atoms with Crippen molar-refractivity contribution in [2.45, 2.75) is 0 Å². The minimum Gasteiger partial charge on any atom is -0.748 e. The molecular weight excluding hydrogens is 160 g/mol. The van der Waals surface area contributed by atoms with E-state index in [9.17, 15) is 17.8 Å². The van der Waals surface area contributed by atoms with Crippen molar-refractivity contribution in [3.63, 3.8) is 0 Å². The molecule has 0 aromatic rings. The number of carboxylic acid groups (broad SMARTS) is 1. The van der Waals surface area contributed by atoms with E-state index in [1.807, 2.05) is 0 Å². The maximum absolute atomic E-state index is 9.87. The van der Waals surface area contributed by atoms with Crippen molar-refractivity contribution in [2.24, 2.45) is 0 Å². The maximum atomic E-state index is 9.87. The number of carbonyl (C=O) groups is 1. The molecule has 0 spiro atoms. The highest BCUT2D eigenvalue weighted by molar-refractivity contribution is 7.85. The summed E-state index contributed by atoms with van der Waals surface area (Å²) in [5, 5.41) is 8.04. The average Bonchev–Trinajstić information content (AvgIpc) is 1.60. The van der Waals surface area contributed by atoms with E-state index in [0.717, 1.165) is 0 Å². The van der Waals surface area contributed by atoms with Crippen molar-refractivity contribution in [3.8, 4) is 0 Å². The lowest BCUT2D eigenvalue weighted by Crippen LogP contribution is -2.12. The lowest BCUT2D eigenvalue weighted by atomic mass is 10.4. The first kappa shape index (κ1) is 9.12. The Kier molecular flexibility index (Phi) is 2.56. The molecule has 0 aromatic carbocycles. The molecule has 58 valence electrons. The Morgan fingerprint density at radius 1 is 1.60 bits per heavy atom. The van der Waals surface area contributed by atoms with Gasteiger partial charge in [0.25, 0.3) is 0 Å². The monoisotopic (exact) mass is 165 g/mol. The highest BCUT2D eigenvalue weighted by Gasteiger charge is 2.06. The van der Waals surface area contributed by atoms with Gasteiger partial charge in [-0.05, 0) is 0 Å². The number of carboxylic acids is 1. The second kappa shape index (κ2) is 2.80. The number of hydrogen-bond acceptors (Lipinski definition) is 4. The van der Waals surface area contributed by atoms with Crippen molar-refractivity contribution in [2.75, 3.05) is 5.75 Å². The molecule has 0 saturated heterocycles. The molecule has 0 aliphatic heterocycles. The van der Waals surface area contributed by atoms with Crippen molar-refractivity contribution in [1.29, 1.82) is 0 Å². The van der Waals surface area contributed by atoms with Crippen LogP contribution in [-0.4, -0.2) is 29.8 Å². The predicted octanol–water partition coefficient (Wildman–Crippen LogP) is -0.828. The zero-order valence-corrected chi connectivity index (χ0v) is 5.72. The summed E-state index contributed by atoms with van der Waals surface area (Å²) in [4.78, 5) is 9.87. The third-order valence-electron chi connectivity index (χ3n) is 0.653. The van der Waals surface area contributed by atoms with Crippen LogP contribution in [-0.2, 0) is 14.9 Å². The average molecular weight is 165 g/mol. The van der Waals surface area contributed by atoms with Crippen LogP contribution in [0.2, 0.25) is 0 Å². The van der Waals surface area contributed by atoms with Gasteiger partial charge in [0.05, 0.1) is 15.9 Å². The Bertz CT molecular complexity index is 249. The van der Waals surface area contributed by atoms with Crippen LogP contribution in [0.4, 0.5) is 0 Å². The molecule has 0 unspecified atom stereocenters. The van der Waals surface area contributed by atoms with E-state index < -0.39 is 27.4 Å². The first-order valence-electron chi connectivity index (χ1n) is 2.17.